The topological polar surface area (TPSA) is 67.4 Å². The number of benzene rings is 3. The fourth-order valence-corrected chi connectivity index (χ4v) is 2.57. The molecule has 136 valence electrons. The van der Waals surface area contributed by atoms with E-state index in [1.165, 1.54) is 0 Å². The van der Waals surface area contributed by atoms with E-state index in [1.807, 2.05) is 24.3 Å². The molecule has 27 heavy (non-hydrogen) atoms. The van der Waals surface area contributed by atoms with Gasteiger partial charge in [0.05, 0.1) is 10.7 Å². The van der Waals surface area contributed by atoms with E-state index < -0.39 is 0 Å². The van der Waals surface area contributed by atoms with Crippen LogP contribution in [0.25, 0.3) is 0 Å². The Morgan fingerprint density at radius 2 is 1.52 bits per heavy atom. The highest BCUT2D eigenvalue weighted by atomic mass is 35.5. The van der Waals surface area contributed by atoms with Crippen molar-refractivity contribution in [1.82, 2.24) is 0 Å². The Kier molecular flexibility index (Phi) is 6.07. The van der Waals surface area contributed by atoms with Crippen molar-refractivity contribution in [1.29, 1.82) is 0 Å². The van der Waals surface area contributed by atoms with Crippen molar-refractivity contribution in [3.63, 3.8) is 0 Å². The van der Waals surface area contributed by atoms with Crippen LogP contribution in [0.1, 0.15) is 10.4 Å². The molecule has 0 aliphatic rings. The molecule has 0 atom stereocenters. The summed E-state index contributed by atoms with van der Waals surface area (Å²) in [5.74, 6) is 0.0474. The van der Waals surface area contributed by atoms with Crippen LogP contribution in [0.3, 0.4) is 0 Å². The maximum atomic E-state index is 12.2. The summed E-state index contributed by atoms with van der Waals surface area (Å²) in [6, 6.07) is 22.8. The Bertz CT molecular complexity index is 931. The first-order valence-electron chi connectivity index (χ1n) is 8.25. The van der Waals surface area contributed by atoms with E-state index in [0.29, 0.717) is 27.7 Å². The Labute approximate surface area is 161 Å². The van der Waals surface area contributed by atoms with E-state index in [1.54, 1.807) is 54.6 Å². The Hall–Kier alpha value is -3.31. The van der Waals surface area contributed by atoms with Gasteiger partial charge in [-0.15, -0.1) is 0 Å². The van der Waals surface area contributed by atoms with Crippen molar-refractivity contribution in [2.75, 3.05) is 17.2 Å². The molecule has 3 aromatic rings. The minimum atomic E-state index is -0.309. The van der Waals surface area contributed by atoms with Gasteiger partial charge < -0.3 is 15.4 Å². The Morgan fingerprint density at radius 1 is 0.852 bits per heavy atom. The molecule has 3 aromatic carbocycles. The number of ether oxygens (including phenoxy) is 1. The molecule has 3 rings (SSSR count). The number of rotatable bonds is 6. The standard InChI is InChI=1S/C21H17ClN2O3/c22-18-13-16(23-20(25)14-27-17-9-5-2-6-10-17)11-12-19(18)24-21(26)15-7-3-1-4-8-15/h1-13H,14H2,(H,23,25)(H,24,26). The molecule has 5 nitrogen and oxygen atoms in total. The molecule has 0 spiro atoms. The van der Waals surface area contributed by atoms with Crippen LogP contribution in [0.5, 0.6) is 5.75 Å². The van der Waals surface area contributed by atoms with Gasteiger partial charge in [-0.05, 0) is 42.5 Å². The van der Waals surface area contributed by atoms with Crippen LogP contribution >= 0.6 is 11.6 Å². The summed E-state index contributed by atoms with van der Waals surface area (Å²) in [5, 5.41) is 5.77. The number of halogens is 1. The summed E-state index contributed by atoms with van der Waals surface area (Å²) in [4.78, 5) is 24.2. The highest BCUT2D eigenvalue weighted by Gasteiger charge is 2.10. The van der Waals surface area contributed by atoms with Gasteiger partial charge in [0.1, 0.15) is 5.75 Å². The van der Waals surface area contributed by atoms with Crippen LogP contribution in [-0.4, -0.2) is 18.4 Å². The van der Waals surface area contributed by atoms with Crippen molar-refractivity contribution >= 4 is 34.8 Å². The summed E-state index contributed by atoms with van der Waals surface area (Å²) in [6.45, 7) is -0.117. The fraction of sp³-hybridized carbons (Fsp3) is 0.0476. The number of amides is 2. The molecule has 6 heteroatoms. The molecular weight excluding hydrogens is 364 g/mol. The van der Waals surface area contributed by atoms with Gasteiger partial charge in [0.25, 0.3) is 11.8 Å². The molecule has 0 bridgehead atoms. The zero-order valence-corrected chi connectivity index (χ0v) is 15.1. The lowest BCUT2D eigenvalue weighted by Gasteiger charge is -2.11. The third kappa shape index (κ3) is 5.33. The molecule has 2 amide bonds. The fourth-order valence-electron chi connectivity index (χ4n) is 2.34. The van der Waals surface area contributed by atoms with Crippen LogP contribution in [0, 0.1) is 0 Å². The van der Waals surface area contributed by atoms with E-state index in [4.69, 9.17) is 16.3 Å². The van der Waals surface area contributed by atoms with Crippen molar-refractivity contribution in [2.24, 2.45) is 0 Å². The van der Waals surface area contributed by atoms with E-state index in [0.717, 1.165) is 0 Å². The normalized spacial score (nSPS) is 10.1. The quantitative estimate of drug-likeness (QED) is 0.656. The predicted octanol–water partition coefficient (Wildman–Crippen LogP) is 4.61. The molecule has 2 N–H and O–H groups in total. The Balaban J connectivity index is 1.57. The second-order valence-electron chi connectivity index (χ2n) is 5.66. The molecule has 0 aliphatic heterocycles. The lowest BCUT2D eigenvalue weighted by atomic mass is 10.2. The third-order valence-electron chi connectivity index (χ3n) is 3.65. The van der Waals surface area contributed by atoms with Crippen molar-refractivity contribution < 1.29 is 14.3 Å². The van der Waals surface area contributed by atoms with Gasteiger partial charge in [0, 0.05) is 11.3 Å². The van der Waals surface area contributed by atoms with E-state index in [9.17, 15) is 9.59 Å². The summed E-state index contributed by atoms with van der Waals surface area (Å²) >= 11 is 6.22. The molecule has 0 aliphatic carbocycles. The van der Waals surface area contributed by atoms with Gasteiger partial charge in [-0.3, -0.25) is 9.59 Å². The SMILES string of the molecule is O=C(COc1ccccc1)Nc1ccc(NC(=O)c2ccccc2)c(Cl)c1. The summed E-state index contributed by atoms with van der Waals surface area (Å²) in [6.07, 6.45) is 0. The molecule has 0 fully saturated rings. The second kappa shape index (κ2) is 8.87. The highest BCUT2D eigenvalue weighted by molar-refractivity contribution is 6.34. The number of hydrogen-bond donors (Lipinski definition) is 2. The molecular formula is C21H17ClN2O3. The summed E-state index contributed by atoms with van der Waals surface area (Å²) < 4.78 is 5.39. The van der Waals surface area contributed by atoms with Gasteiger partial charge in [0.2, 0.25) is 0 Å². The first kappa shape index (κ1) is 18.5. The number of hydrogen-bond acceptors (Lipinski definition) is 3. The number of nitrogens with one attached hydrogen (secondary N) is 2. The molecule has 0 saturated carbocycles. The number of anilines is 2. The van der Waals surface area contributed by atoms with Crippen molar-refractivity contribution in [3.05, 3.63) is 89.4 Å². The smallest absolute Gasteiger partial charge is 0.262 e. The van der Waals surface area contributed by atoms with Crippen LogP contribution in [0.15, 0.2) is 78.9 Å². The van der Waals surface area contributed by atoms with Crippen LogP contribution in [0.2, 0.25) is 5.02 Å². The van der Waals surface area contributed by atoms with Gasteiger partial charge >= 0.3 is 0 Å². The van der Waals surface area contributed by atoms with Crippen LogP contribution in [0.4, 0.5) is 11.4 Å². The first-order valence-corrected chi connectivity index (χ1v) is 8.63. The predicted molar refractivity (Wildman–Crippen MR) is 106 cm³/mol. The lowest BCUT2D eigenvalue weighted by molar-refractivity contribution is -0.118. The van der Waals surface area contributed by atoms with E-state index in [2.05, 4.69) is 10.6 Å². The average Bonchev–Trinajstić information content (AvgIpc) is 2.70. The molecule has 0 saturated heterocycles. The van der Waals surface area contributed by atoms with Crippen molar-refractivity contribution in [2.45, 2.75) is 0 Å². The molecule has 0 unspecified atom stereocenters. The van der Waals surface area contributed by atoms with Gasteiger partial charge in [-0.25, -0.2) is 0 Å². The van der Waals surface area contributed by atoms with Crippen LogP contribution < -0.4 is 15.4 Å². The van der Waals surface area contributed by atoms with Gasteiger partial charge in [-0.2, -0.15) is 0 Å². The molecule has 0 radical (unpaired) electrons. The van der Waals surface area contributed by atoms with E-state index >= 15 is 0 Å². The zero-order valence-electron chi connectivity index (χ0n) is 14.3. The summed E-state index contributed by atoms with van der Waals surface area (Å²) in [5.41, 5.74) is 1.51. The maximum Gasteiger partial charge on any atom is 0.262 e. The highest BCUT2D eigenvalue weighted by Crippen LogP contribution is 2.26. The Morgan fingerprint density at radius 3 is 2.19 bits per heavy atom. The minimum absolute atomic E-state index is 0.117. The van der Waals surface area contributed by atoms with Crippen LogP contribution in [-0.2, 0) is 4.79 Å². The second-order valence-corrected chi connectivity index (χ2v) is 6.07. The number of para-hydroxylation sites is 1. The van der Waals surface area contributed by atoms with E-state index in [-0.39, 0.29) is 18.4 Å². The average molecular weight is 381 g/mol. The molecule has 0 aromatic heterocycles. The zero-order chi connectivity index (χ0) is 19.1. The molecule has 0 heterocycles. The summed E-state index contributed by atoms with van der Waals surface area (Å²) in [7, 11) is 0. The first-order chi connectivity index (χ1) is 13.1. The van der Waals surface area contributed by atoms with Gasteiger partial charge in [-0.1, -0.05) is 48.0 Å². The lowest BCUT2D eigenvalue weighted by Crippen LogP contribution is -2.20. The monoisotopic (exact) mass is 380 g/mol. The minimum Gasteiger partial charge on any atom is -0.484 e. The van der Waals surface area contributed by atoms with Crippen molar-refractivity contribution in [3.8, 4) is 5.75 Å². The largest absolute Gasteiger partial charge is 0.484 e. The number of carbonyl (C=O) groups is 2. The third-order valence-corrected chi connectivity index (χ3v) is 3.96. The number of carbonyl (C=O) groups excluding carboxylic acids is 2. The maximum absolute atomic E-state index is 12.2. The van der Waals surface area contributed by atoms with Gasteiger partial charge in [0.15, 0.2) is 6.61 Å².